The minimum atomic E-state index is -10.0. The smallest absolute Gasteiger partial charge is 0.460 e. The molecule has 0 aromatic heterocycles. The predicted octanol–water partition coefficient (Wildman–Crippen LogP) is 10.8. The zero-order chi connectivity index (χ0) is 42.0. The Bertz CT molecular complexity index is 1490. The summed E-state index contributed by atoms with van der Waals surface area (Å²) < 4.78 is 418. The van der Waals surface area contributed by atoms with E-state index in [0.717, 1.165) is 0 Å². The maximum absolute atomic E-state index is 14.4. The van der Waals surface area contributed by atoms with Gasteiger partial charge in [-0.25, -0.2) is 8.78 Å². The Hall–Kier alpha value is -3.15. The van der Waals surface area contributed by atoms with Crippen molar-refractivity contribution >= 4 is 0 Å². The van der Waals surface area contributed by atoms with Gasteiger partial charge in [-0.3, -0.25) is 0 Å². The van der Waals surface area contributed by atoms with Crippen LogP contribution in [0.4, 0.5) is 136 Å². The fourth-order valence-electron chi connectivity index (χ4n) is 3.33. The Morgan fingerprint density at radius 3 is 0.745 bits per heavy atom. The summed E-state index contributed by atoms with van der Waals surface area (Å²) >= 11 is 0. The summed E-state index contributed by atoms with van der Waals surface area (Å²) in [5, 5.41) is 8.82. The van der Waals surface area contributed by atoms with Crippen LogP contribution in [0.5, 0.6) is 5.75 Å². The molecule has 32 heteroatoms. The summed E-state index contributed by atoms with van der Waals surface area (Å²) in [4.78, 5) is 0. The van der Waals surface area contributed by atoms with Gasteiger partial charge in [-0.2, -0.15) is 127 Å². The Morgan fingerprint density at radius 1 is 0.275 bits per heavy atom. The minimum absolute atomic E-state index is 3.76. The van der Waals surface area contributed by atoms with Gasteiger partial charge in [0, 0.05) is 0 Å². The summed E-state index contributed by atoms with van der Waals surface area (Å²) in [6.07, 6.45) is -15.6. The van der Waals surface area contributed by atoms with Gasteiger partial charge in [-0.15, -0.1) is 0 Å². The Balaban J connectivity index is 4.18. The summed E-state index contributed by atoms with van der Waals surface area (Å²) in [6, 6.07) is 0. The first kappa shape index (κ1) is 45.9. The highest BCUT2D eigenvalue weighted by Crippen LogP contribution is 2.68. The van der Waals surface area contributed by atoms with Crippen LogP contribution in [-0.2, 0) is 12.1 Å². The van der Waals surface area contributed by atoms with Crippen LogP contribution in [0, 0.1) is 17.5 Å². The number of halogens is 31. The second-order valence-electron chi connectivity index (χ2n) is 9.35. The Labute approximate surface area is 254 Å². The zero-order valence-electron chi connectivity index (χ0n) is 21.7. The molecule has 0 fully saturated rings. The maximum Gasteiger partial charge on any atom is 0.460 e. The quantitative estimate of drug-likeness (QED) is 0.174. The topological polar surface area (TPSA) is 20.2 Å². The number of aromatic hydroxyl groups is 1. The van der Waals surface area contributed by atoms with Gasteiger partial charge in [0.2, 0.25) is 5.82 Å². The van der Waals surface area contributed by atoms with E-state index in [1.54, 1.807) is 0 Å². The van der Waals surface area contributed by atoms with E-state index in [0.29, 0.717) is 0 Å². The SMILES string of the molecule is Oc1c(F)c(F)c(F)c(C(F)(F)C(F)(F)C(F)(F)C(F)(F)C(F)(F)C(F)(F)C(F)(F)C(F)(F)C(F)(F)C(F)(F)C(F)(F)C(F)(F)F)c1C(F)(F)F. The fourth-order valence-corrected chi connectivity index (χ4v) is 3.33. The molecule has 1 nitrogen and oxygen atoms in total. The predicted molar refractivity (Wildman–Crippen MR) is 92.4 cm³/mol. The second-order valence-corrected chi connectivity index (χ2v) is 9.35. The molecule has 0 aliphatic heterocycles. The van der Waals surface area contributed by atoms with Gasteiger partial charge in [-0.1, -0.05) is 0 Å². The van der Waals surface area contributed by atoms with Crippen LogP contribution in [0.1, 0.15) is 11.1 Å². The van der Waals surface area contributed by atoms with Crippen molar-refractivity contribution in [1.29, 1.82) is 0 Å². The van der Waals surface area contributed by atoms with Gasteiger partial charge < -0.3 is 5.11 Å². The van der Waals surface area contributed by atoms with Crippen LogP contribution >= 0.6 is 0 Å². The number of phenols is 1. The number of benzene rings is 1. The molecule has 0 aliphatic rings. The van der Waals surface area contributed by atoms with Crippen molar-refractivity contribution in [3.8, 4) is 5.75 Å². The second kappa shape index (κ2) is 11.4. The van der Waals surface area contributed by atoms with Crippen molar-refractivity contribution in [2.45, 2.75) is 77.5 Å². The third-order valence-electron chi connectivity index (χ3n) is 6.20. The van der Waals surface area contributed by atoms with E-state index in [1.165, 1.54) is 0 Å². The van der Waals surface area contributed by atoms with E-state index in [-0.39, 0.29) is 0 Å². The molecule has 1 rings (SSSR count). The summed E-state index contributed by atoms with van der Waals surface area (Å²) in [7, 11) is 0. The van der Waals surface area contributed by atoms with Gasteiger partial charge in [0.1, 0.15) is 5.56 Å². The number of hydrogen-bond donors (Lipinski definition) is 1. The van der Waals surface area contributed by atoms with E-state index >= 15 is 0 Å². The van der Waals surface area contributed by atoms with Crippen molar-refractivity contribution in [2.24, 2.45) is 0 Å². The number of phenolic OH excluding ortho intramolecular Hbond substituents is 1. The van der Waals surface area contributed by atoms with Crippen LogP contribution < -0.4 is 0 Å². The van der Waals surface area contributed by atoms with Crippen LogP contribution in [0.3, 0.4) is 0 Å². The molecule has 0 aliphatic carbocycles. The van der Waals surface area contributed by atoms with Gasteiger partial charge in [-0.05, 0) is 0 Å². The van der Waals surface area contributed by atoms with Crippen LogP contribution in [-0.4, -0.2) is 70.5 Å². The molecule has 1 aromatic carbocycles. The molecule has 0 heterocycles. The third-order valence-corrected chi connectivity index (χ3v) is 6.20. The van der Waals surface area contributed by atoms with Gasteiger partial charge in [0.15, 0.2) is 17.4 Å². The molecule has 0 saturated carbocycles. The highest BCUT2D eigenvalue weighted by molar-refractivity contribution is 5.47. The third kappa shape index (κ3) is 5.42. The van der Waals surface area contributed by atoms with Gasteiger partial charge in [0.25, 0.3) is 0 Å². The van der Waals surface area contributed by atoms with E-state index < -0.39 is 112 Å². The molecule has 0 amide bonds. The molecule has 0 unspecified atom stereocenters. The van der Waals surface area contributed by atoms with E-state index in [9.17, 15) is 136 Å². The van der Waals surface area contributed by atoms with E-state index in [1.807, 2.05) is 0 Å². The van der Waals surface area contributed by atoms with Crippen LogP contribution in [0.2, 0.25) is 0 Å². The lowest BCUT2D eigenvalue weighted by molar-refractivity contribution is -0.482. The van der Waals surface area contributed by atoms with Crippen molar-refractivity contribution in [2.75, 3.05) is 0 Å². The molecular weight excluding hydrogens is 833 g/mol. The fraction of sp³-hybridized carbons (Fsp3) is 0.684. The van der Waals surface area contributed by atoms with Crippen LogP contribution in [0.25, 0.3) is 0 Å². The van der Waals surface area contributed by atoms with Crippen molar-refractivity contribution in [3.05, 3.63) is 28.6 Å². The first-order valence-electron chi connectivity index (χ1n) is 10.8. The first-order chi connectivity index (χ1) is 21.6. The Morgan fingerprint density at radius 2 is 0.510 bits per heavy atom. The number of alkyl halides is 28. The lowest BCUT2D eigenvalue weighted by atomic mass is 9.83. The molecule has 0 atom stereocenters. The average Bonchev–Trinajstić information content (AvgIpc) is 2.90. The van der Waals surface area contributed by atoms with Gasteiger partial charge >= 0.3 is 77.5 Å². The lowest BCUT2D eigenvalue weighted by Gasteiger charge is -2.45. The molecule has 300 valence electrons. The van der Waals surface area contributed by atoms with Gasteiger partial charge in [0.05, 0.1) is 5.56 Å². The molecule has 0 spiro atoms. The van der Waals surface area contributed by atoms with Crippen molar-refractivity contribution in [3.63, 3.8) is 0 Å². The summed E-state index contributed by atoms with van der Waals surface area (Å²) in [6.45, 7) is 0. The van der Waals surface area contributed by atoms with Crippen LogP contribution in [0.15, 0.2) is 0 Å². The highest BCUT2D eigenvalue weighted by atomic mass is 19.4. The molecular formula is C19HF31O. The van der Waals surface area contributed by atoms with Crippen molar-refractivity contribution in [1.82, 2.24) is 0 Å². The standard InChI is InChI=1S/C19HF31O/c20-3-1(2(8(25,26)27)6(51)5(22)4(3)21)7(23,24)9(28,29)10(30,31)11(32,33)12(34,35)13(36,37)14(38,39)15(40,41)16(42,43)17(44,45)18(46,47)19(48,49)50/h51H. The zero-order valence-corrected chi connectivity index (χ0v) is 21.7. The summed E-state index contributed by atoms with van der Waals surface area (Å²) in [5.41, 5.74) is -9.56. The largest absolute Gasteiger partial charge is 0.504 e. The first-order valence-corrected chi connectivity index (χ1v) is 10.8. The monoisotopic (exact) mass is 834 g/mol. The molecule has 0 radical (unpaired) electrons. The molecule has 1 aromatic rings. The van der Waals surface area contributed by atoms with E-state index in [2.05, 4.69) is 0 Å². The normalized spacial score (nSPS) is 16.2. The summed E-state index contributed by atoms with van der Waals surface area (Å²) in [5.74, 6) is -121. The lowest BCUT2D eigenvalue weighted by Crippen LogP contribution is -2.78. The van der Waals surface area contributed by atoms with Crippen molar-refractivity contribution < 1.29 is 141 Å². The number of hydrogen-bond acceptors (Lipinski definition) is 1. The minimum Gasteiger partial charge on any atom is -0.504 e. The molecule has 0 saturated heterocycles. The molecule has 1 N–H and O–H groups in total. The Kier molecular flexibility index (Phi) is 10.3. The molecule has 51 heavy (non-hydrogen) atoms. The maximum atomic E-state index is 14.4. The molecule has 0 bridgehead atoms. The number of rotatable bonds is 11. The average molecular weight is 834 g/mol. The van der Waals surface area contributed by atoms with E-state index in [4.69, 9.17) is 5.11 Å². The highest BCUT2D eigenvalue weighted by Gasteiger charge is 2.99.